The molecule has 0 fully saturated rings. The first kappa shape index (κ1) is 18.9. The molecule has 0 aliphatic heterocycles. The molecule has 0 aliphatic rings. The van der Waals surface area contributed by atoms with Gasteiger partial charge in [-0.3, -0.25) is 4.57 Å². The third-order valence-electron chi connectivity index (χ3n) is 3.93. The van der Waals surface area contributed by atoms with Crippen LogP contribution >= 0.6 is 11.3 Å². The Bertz CT molecular complexity index is 1000. The van der Waals surface area contributed by atoms with Gasteiger partial charge in [-0.15, -0.1) is 11.3 Å². The molecule has 0 saturated carbocycles. The second-order valence-corrected chi connectivity index (χ2v) is 6.80. The number of hydrogen-bond acceptors (Lipinski definition) is 6. The summed E-state index contributed by atoms with van der Waals surface area (Å²) >= 11 is 1.48. The fourth-order valence-corrected chi connectivity index (χ4v) is 3.46. The summed E-state index contributed by atoms with van der Waals surface area (Å²) in [4.78, 5) is 18.0. The number of aromatic nitrogens is 4. The quantitative estimate of drug-likeness (QED) is 0.642. The van der Waals surface area contributed by atoms with E-state index in [2.05, 4.69) is 15.2 Å². The van der Waals surface area contributed by atoms with Crippen molar-refractivity contribution in [2.45, 2.75) is 13.0 Å². The minimum Gasteiger partial charge on any atom is -0.481 e. The number of H-pyrrole nitrogens is 1. The van der Waals surface area contributed by atoms with Gasteiger partial charge in [0.1, 0.15) is 5.82 Å². The lowest BCUT2D eigenvalue weighted by Gasteiger charge is -2.06. The van der Waals surface area contributed by atoms with Crippen molar-refractivity contribution >= 4 is 11.3 Å². The molecule has 3 aromatic rings. The smallest absolute Gasteiger partial charge is 0.343 e. The highest BCUT2D eigenvalue weighted by molar-refractivity contribution is 7.15. The highest BCUT2D eigenvalue weighted by Crippen LogP contribution is 2.29. The van der Waals surface area contributed by atoms with Gasteiger partial charge in [-0.05, 0) is 18.2 Å². The van der Waals surface area contributed by atoms with Gasteiger partial charge in [0.05, 0.1) is 13.7 Å². The molecule has 0 aliphatic carbocycles. The number of pyridine rings is 1. The molecule has 3 heterocycles. The number of nitrogens with zero attached hydrogens (tertiary/aromatic N) is 3. The number of ether oxygens (including phenoxy) is 1. The number of halogens is 2. The minimum absolute atomic E-state index is 0.182. The number of nitrogens with two attached hydrogens (primary N) is 1. The monoisotopic (exact) mass is 393 g/mol. The summed E-state index contributed by atoms with van der Waals surface area (Å²) in [5.74, 6) is 0.739. The predicted octanol–water partition coefficient (Wildman–Crippen LogP) is 2.40. The van der Waals surface area contributed by atoms with Crippen molar-refractivity contribution in [1.29, 1.82) is 0 Å². The Kier molecular flexibility index (Phi) is 5.77. The van der Waals surface area contributed by atoms with Crippen molar-refractivity contribution in [1.82, 2.24) is 19.7 Å². The van der Waals surface area contributed by atoms with Crippen LogP contribution in [-0.2, 0) is 13.0 Å². The van der Waals surface area contributed by atoms with E-state index in [9.17, 15) is 13.6 Å². The largest absolute Gasteiger partial charge is 0.481 e. The number of nitrogens with one attached hydrogen (secondary N) is 1. The molecular formula is C17H17F2N5O2S. The van der Waals surface area contributed by atoms with E-state index in [1.54, 1.807) is 19.4 Å². The van der Waals surface area contributed by atoms with Crippen LogP contribution in [0.4, 0.5) is 8.78 Å². The molecule has 27 heavy (non-hydrogen) atoms. The van der Waals surface area contributed by atoms with Crippen LogP contribution in [0.15, 0.2) is 46.9 Å². The molecule has 3 N–H and O–H groups in total. The summed E-state index contributed by atoms with van der Waals surface area (Å²) in [6.07, 6.45) is -0.324. The Morgan fingerprint density at radius 2 is 2.15 bits per heavy atom. The van der Waals surface area contributed by atoms with Crippen molar-refractivity contribution in [2.75, 3.05) is 13.7 Å². The molecule has 0 unspecified atom stereocenters. The topological polar surface area (TPSA) is 98.8 Å². The van der Waals surface area contributed by atoms with Gasteiger partial charge in [0.25, 0.3) is 6.08 Å². The van der Waals surface area contributed by atoms with Crippen LogP contribution < -0.4 is 16.2 Å². The van der Waals surface area contributed by atoms with E-state index in [1.807, 2.05) is 18.2 Å². The fraction of sp³-hybridized carbons (Fsp3) is 0.235. The molecule has 3 rings (SSSR count). The van der Waals surface area contributed by atoms with Gasteiger partial charge < -0.3 is 10.5 Å². The highest BCUT2D eigenvalue weighted by Gasteiger charge is 2.15. The van der Waals surface area contributed by atoms with Gasteiger partial charge in [-0.2, -0.15) is 13.9 Å². The highest BCUT2D eigenvalue weighted by atomic mass is 32.1. The van der Waals surface area contributed by atoms with Crippen molar-refractivity contribution in [2.24, 2.45) is 5.73 Å². The zero-order chi connectivity index (χ0) is 19.4. The summed E-state index contributed by atoms with van der Waals surface area (Å²) in [5, 5.41) is 6.16. The zero-order valence-electron chi connectivity index (χ0n) is 14.4. The lowest BCUT2D eigenvalue weighted by molar-refractivity contribution is 0.398. The second-order valence-electron chi connectivity index (χ2n) is 5.63. The molecule has 0 saturated heterocycles. The molecule has 7 nitrogen and oxygen atoms in total. The molecule has 0 radical (unpaired) electrons. The zero-order valence-corrected chi connectivity index (χ0v) is 15.2. The molecule has 0 spiro atoms. The number of rotatable bonds is 7. The van der Waals surface area contributed by atoms with Crippen LogP contribution in [-0.4, -0.2) is 33.4 Å². The normalized spacial score (nSPS) is 10.8. The average molecular weight is 393 g/mol. The summed E-state index contributed by atoms with van der Waals surface area (Å²) in [5.41, 5.74) is 5.56. The maximum Gasteiger partial charge on any atom is 0.343 e. The number of aromatic amines is 1. The summed E-state index contributed by atoms with van der Waals surface area (Å²) < 4.78 is 32.1. The van der Waals surface area contributed by atoms with E-state index in [0.717, 1.165) is 15.3 Å². The lowest BCUT2D eigenvalue weighted by Crippen LogP contribution is -2.20. The van der Waals surface area contributed by atoms with Crippen LogP contribution in [0.1, 0.15) is 10.7 Å². The van der Waals surface area contributed by atoms with Gasteiger partial charge in [0.2, 0.25) is 5.88 Å². The maximum atomic E-state index is 12.9. The SMILES string of the molecule is COc1ccc(-c2ccc(Cn3c(CC(CN)=C(F)F)n[nH]c3=O)s2)cn1. The van der Waals surface area contributed by atoms with Gasteiger partial charge in [0, 0.05) is 46.1 Å². The number of hydrogen-bond donors (Lipinski definition) is 2. The lowest BCUT2D eigenvalue weighted by atomic mass is 10.2. The first-order valence-corrected chi connectivity index (χ1v) is 8.79. The van der Waals surface area contributed by atoms with E-state index in [4.69, 9.17) is 10.5 Å². The molecule has 0 bridgehead atoms. The van der Waals surface area contributed by atoms with Gasteiger partial charge in [0.15, 0.2) is 0 Å². The van der Waals surface area contributed by atoms with E-state index in [-0.39, 0.29) is 30.9 Å². The van der Waals surface area contributed by atoms with E-state index in [0.29, 0.717) is 5.88 Å². The molecule has 0 atom stereocenters. The van der Waals surface area contributed by atoms with Crippen molar-refractivity contribution in [3.63, 3.8) is 0 Å². The summed E-state index contributed by atoms with van der Waals surface area (Å²) in [6, 6.07) is 7.45. The van der Waals surface area contributed by atoms with Crippen LogP contribution in [0.3, 0.4) is 0 Å². The molecule has 3 aromatic heterocycles. The molecule has 10 heteroatoms. The van der Waals surface area contributed by atoms with Gasteiger partial charge >= 0.3 is 5.69 Å². The second kappa shape index (κ2) is 8.23. The summed E-state index contributed by atoms with van der Waals surface area (Å²) in [7, 11) is 1.55. The van der Waals surface area contributed by atoms with Crippen LogP contribution in [0.2, 0.25) is 0 Å². The first-order chi connectivity index (χ1) is 13.0. The van der Waals surface area contributed by atoms with Crippen molar-refractivity contribution < 1.29 is 13.5 Å². The van der Waals surface area contributed by atoms with Gasteiger partial charge in [-0.25, -0.2) is 14.9 Å². The number of methoxy groups -OCH3 is 1. The molecule has 0 amide bonds. The Morgan fingerprint density at radius 1 is 1.33 bits per heavy atom. The van der Waals surface area contributed by atoms with Crippen molar-refractivity contribution in [3.8, 4) is 16.3 Å². The fourth-order valence-electron chi connectivity index (χ4n) is 2.48. The van der Waals surface area contributed by atoms with E-state index >= 15 is 0 Å². The Morgan fingerprint density at radius 3 is 2.78 bits per heavy atom. The molecular weight excluding hydrogens is 376 g/mol. The maximum absolute atomic E-state index is 12.9. The Labute approximate surface area is 157 Å². The van der Waals surface area contributed by atoms with E-state index in [1.165, 1.54) is 15.9 Å². The molecule has 142 valence electrons. The predicted molar refractivity (Wildman–Crippen MR) is 98.1 cm³/mol. The average Bonchev–Trinajstić information content (AvgIpc) is 3.28. The standard InChI is InChI=1S/C17H17F2N5O2S/c1-26-15-5-2-10(8-21-15)13-4-3-12(27-13)9-24-14(22-23-17(24)25)6-11(7-20)16(18)19/h2-5,8H,6-7,9,20H2,1H3,(H,23,25). The minimum atomic E-state index is -1.84. The van der Waals surface area contributed by atoms with Crippen LogP contribution in [0.25, 0.3) is 10.4 Å². The molecule has 0 aromatic carbocycles. The van der Waals surface area contributed by atoms with Crippen LogP contribution in [0, 0.1) is 0 Å². The van der Waals surface area contributed by atoms with Crippen LogP contribution in [0.5, 0.6) is 5.88 Å². The summed E-state index contributed by atoms with van der Waals surface area (Å²) in [6.45, 7) is -0.0678. The Hall–Kier alpha value is -2.85. The third kappa shape index (κ3) is 4.29. The Balaban J connectivity index is 1.82. The number of thiophene rings is 1. The van der Waals surface area contributed by atoms with Crippen molar-refractivity contribution in [3.05, 3.63) is 63.3 Å². The third-order valence-corrected chi connectivity index (χ3v) is 5.05. The van der Waals surface area contributed by atoms with E-state index < -0.39 is 11.8 Å². The van der Waals surface area contributed by atoms with Gasteiger partial charge in [-0.1, -0.05) is 0 Å². The first-order valence-electron chi connectivity index (χ1n) is 7.98.